The summed E-state index contributed by atoms with van der Waals surface area (Å²) in [4.78, 5) is 24.2. The molecule has 0 atom stereocenters. The molecule has 0 aliphatic carbocycles. The van der Waals surface area contributed by atoms with Gasteiger partial charge in [0.1, 0.15) is 5.75 Å². The topological polar surface area (TPSA) is 80.6 Å². The Morgan fingerprint density at radius 2 is 2.04 bits per heavy atom. The van der Waals surface area contributed by atoms with Crippen molar-refractivity contribution in [1.82, 2.24) is 9.88 Å². The molecule has 2 rings (SSSR count). The number of nitrogens with zero attached hydrogens (tertiary/aromatic N) is 1. The second kappa shape index (κ2) is 7.68. The summed E-state index contributed by atoms with van der Waals surface area (Å²) in [7, 11) is 1.50. The Bertz CT molecular complexity index is 796. The fraction of sp³-hybridized carbons (Fsp3) is 0.333. The summed E-state index contributed by atoms with van der Waals surface area (Å²) >= 11 is 0. The highest BCUT2D eigenvalue weighted by molar-refractivity contribution is 5.96. The number of carbonyl (C=O) groups is 1. The van der Waals surface area contributed by atoms with Crippen LogP contribution in [0.25, 0.3) is 0 Å². The van der Waals surface area contributed by atoms with E-state index in [1.807, 2.05) is 18.4 Å². The number of hydrogen-bond acceptors (Lipinski definition) is 4. The van der Waals surface area contributed by atoms with Crippen molar-refractivity contribution in [1.29, 1.82) is 0 Å². The molecule has 1 amide bonds. The summed E-state index contributed by atoms with van der Waals surface area (Å²) in [5.74, 6) is -0.187. The van der Waals surface area contributed by atoms with Gasteiger partial charge in [-0.2, -0.15) is 0 Å². The molecule has 0 saturated heterocycles. The minimum atomic E-state index is -0.443. The quantitative estimate of drug-likeness (QED) is 0.851. The van der Waals surface area contributed by atoms with Crippen molar-refractivity contribution in [3.8, 4) is 11.5 Å². The van der Waals surface area contributed by atoms with E-state index in [-0.39, 0.29) is 18.2 Å². The molecule has 0 unspecified atom stereocenters. The number of rotatable bonds is 6. The van der Waals surface area contributed by atoms with Crippen LogP contribution in [0.2, 0.25) is 0 Å². The molecule has 6 nitrogen and oxygen atoms in total. The van der Waals surface area contributed by atoms with Gasteiger partial charge in [0.2, 0.25) is 5.43 Å². The second-order valence-corrected chi connectivity index (χ2v) is 5.48. The van der Waals surface area contributed by atoms with Gasteiger partial charge in [-0.3, -0.25) is 9.59 Å². The number of carbonyl (C=O) groups excluding carboxylic acids is 1. The highest BCUT2D eigenvalue weighted by Crippen LogP contribution is 2.18. The molecule has 2 N–H and O–H groups in total. The first-order valence-electron chi connectivity index (χ1n) is 7.83. The Morgan fingerprint density at radius 1 is 1.33 bits per heavy atom. The number of nitrogens with one attached hydrogen (secondary N) is 1. The molecule has 1 heterocycles. The normalized spacial score (nSPS) is 10.5. The molecule has 0 fully saturated rings. The fourth-order valence-corrected chi connectivity index (χ4v) is 2.62. The van der Waals surface area contributed by atoms with Gasteiger partial charge >= 0.3 is 0 Å². The van der Waals surface area contributed by atoms with Gasteiger partial charge < -0.3 is 19.7 Å². The number of para-hydroxylation sites is 1. The maximum Gasteiger partial charge on any atom is 0.255 e. The van der Waals surface area contributed by atoms with Crippen LogP contribution in [-0.4, -0.2) is 22.7 Å². The van der Waals surface area contributed by atoms with Crippen LogP contribution in [0.5, 0.6) is 11.5 Å². The SMILES string of the molecule is CCCn1c(C)cc(=O)c(O)c1CNC(=O)c1ccccc1OC. The lowest BCUT2D eigenvalue weighted by atomic mass is 10.2. The zero-order valence-electron chi connectivity index (χ0n) is 14.1. The van der Waals surface area contributed by atoms with E-state index in [2.05, 4.69) is 5.32 Å². The third-order valence-electron chi connectivity index (χ3n) is 3.81. The lowest BCUT2D eigenvalue weighted by Gasteiger charge is -2.18. The molecule has 0 aliphatic heterocycles. The maximum absolute atomic E-state index is 12.4. The summed E-state index contributed by atoms with van der Waals surface area (Å²) in [6.45, 7) is 4.52. The van der Waals surface area contributed by atoms with Crippen molar-refractivity contribution < 1.29 is 14.6 Å². The van der Waals surface area contributed by atoms with Crippen LogP contribution in [0.15, 0.2) is 35.1 Å². The summed E-state index contributed by atoms with van der Waals surface area (Å²) in [6.07, 6.45) is 0.844. The minimum Gasteiger partial charge on any atom is -0.503 e. The Balaban J connectivity index is 2.28. The van der Waals surface area contributed by atoms with Gasteiger partial charge in [0.05, 0.1) is 24.9 Å². The van der Waals surface area contributed by atoms with Gasteiger partial charge in [-0.25, -0.2) is 0 Å². The molecule has 6 heteroatoms. The van der Waals surface area contributed by atoms with Crippen molar-refractivity contribution in [2.24, 2.45) is 0 Å². The highest BCUT2D eigenvalue weighted by Gasteiger charge is 2.16. The molecular formula is C18H22N2O4. The molecule has 1 aromatic heterocycles. The molecule has 0 aliphatic rings. The Labute approximate surface area is 140 Å². The number of hydrogen-bond donors (Lipinski definition) is 2. The maximum atomic E-state index is 12.4. The van der Waals surface area contributed by atoms with Crippen LogP contribution in [0, 0.1) is 6.92 Å². The van der Waals surface area contributed by atoms with E-state index in [1.165, 1.54) is 13.2 Å². The number of benzene rings is 1. The monoisotopic (exact) mass is 330 g/mol. The fourth-order valence-electron chi connectivity index (χ4n) is 2.62. The highest BCUT2D eigenvalue weighted by atomic mass is 16.5. The average molecular weight is 330 g/mol. The standard InChI is InChI=1S/C18H22N2O4/c1-4-9-20-12(2)10-15(21)17(22)14(20)11-19-18(23)13-7-5-6-8-16(13)24-3/h5-8,10,22H,4,9,11H2,1-3H3,(H,19,23). The van der Waals surface area contributed by atoms with Gasteiger partial charge in [-0.05, 0) is 25.5 Å². The molecule has 1 aromatic carbocycles. The van der Waals surface area contributed by atoms with E-state index in [0.717, 1.165) is 12.1 Å². The van der Waals surface area contributed by atoms with Gasteiger partial charge in [0.25, 0.3) is 5.91 Å². The number of aromatic nitrogens is 1. The number of amides is 1. The second-order valence-electron chi connectivity index (χ2n) is 5.48. The molecule has 0 radical (unpaired) electrons. The molecule has 0 bridgehead atoms. The average Bonchev–Trinajstić information content (AvgIpc) is 2.59. The summed E-state index contributed by atoms with van der Waals surface area (Å²) < 4.78 is 7.02. The van der Waals surface area contributed by atoms with Crippen molar-refractivity contribution >= 4 is 5.91 Å². The van der Waals surface area contributed by atoms with Crippen LogP contribution >= 0.6 is 0 Å². The Morgan fingerprint density at radius 3 is 2.71 bits per heavy atom. The summed E-state index contributed by atoms with van der Waals surface area (Å²) in [6, 6.07) is 8.28. The van der Waals surface area contributed by atoms with Gasteiger partial charge in [0.15, 0.2) is 5.75 Å². The number of pyridine rings is 1. The first-order chi connectivity index (χ1) is 11.5. The zero-order valence-corrected chi connectivity index (χ0v) is 14.1. The number of ether oxygens (including phenoxy) is 1. The van der Waals surface area contributed by atoms with Crippen molar-refractivity contribution in [2.45, 2.75) is 33.4 Å². The van der Waals surface area contributed by atoms with Crippen molar-refractivity contribution in [2.75, 3.05) is 7.11 Å². The van der Waals surface area contributed by atoms with E-state index >= 15 is 0 Å². The minimum absolute atomic E-state index is 0.0552. The third-order valence-corrected chi connectivity index (χ3v) is 3.81. The third kappa shape index (κ3) is 3.59. The molecule has 128 valence electrons. The van der Waals surface area contributed by atoms with E-state index in [4.69, 9.17) is 4.74 Å². The lowest BCUT2D eigenvalue weighted by Crippen LogP contribution is -2.27. The smallest absolute Gasteiger partial charge is 0.255 e. The van der Waals surface area contributed by atoms with E-state index in [9.17, 15) is 14.7 Å². The Hall–Kier alpha value is -2.76. The number of methoxy groups -OCH3 is 1. The molecule has 24 heavy (non-hydrogen) atoms. The van der Waals surface area contributed by atoms with Crippen LogP contribution in [0.1, 0.15) is 35.1 Å². The van der Waals surface area contributed by atoms with Crippen LogP contribution in [0.3, 0.4) is 0 Å². The summed E-state index contributed by atoms with van der Waals surface area (Å²) in [5, 5.41) is 12.8. The van der Waals surface area contributed by atoms with Crippen molar-refractivity contribution in [3.63, 3.8) is 0 Å². The summed E-state index contributed by atoms with van der Waals surface area (Å²) in [5.41, 5.74) is 1.12. The largest absolute Gasteiger partial charge is 0.503 e. The van der Waals surface area contributed by atoms with Crippen molar-refractivity contribution in [3.05, 3.63) is 57.5 Å². The first kappa shape index (κ1) is 17.6. The first-order valence-corrected chi connectivity index (χ1v) is 7.83. The van der Waals surface area contributed by atoms with Gasteiger partial charge in [-0.15, -0.1) is 0 Å². The predicted octanol–water partition coefficient (Wildman–Crippen LogP) is 2.21. The van der Waals surface area contributed by atoms with Crippen LogP contribution < -0.4 is 15.5 Å². The van der Waals surface area contributed by atoms with Crippen LogP contribution in [-0.2, 0) is 13.1 Å². The zero-order chi connectivity index (χ0) is 17.7. The van der Waals surface area contributed by atoms with Gasteiger partial charge in [0, 0.05) is 18.3 Å². The molecule has 0 spiro atoms. The van der Waals surface area contributed by atoms with E-state index in [1.54, 1.807) is 24.3 Å². The molecule has 2 aromatic rings. The predicted molar refractivity (Wildman–Crippen MR) is 91.6 cm³/mol. The van der Waals surface area contributed by atoms with Gasteiger partial charge in [-0.1, -0.05) is 19.1 Å². The molecule has 0 saturated carbocycles. The number of aryl methyl sites for hydroxylation is 1. The molecular weight excluding hydrogens is 308 g/mol. The van der Waals surface area contributed by atoms with Crippen LogP contribution in [0.4, 0.5) is 0 Å². The lowest BCUT2D eigenvalue weighted by molar-refractivity contribution is 0.0946. The number of aromatic hydroxyl groups is 1. The Kier molecular flexibility index (Phi) is 5.63. The van der Waals surface area contributed by atoms with E-state index in [0.29, 0.717) is 23.6 Å². The van der Waals surface area contributed by atoms with E-state index < -0.39 is 5.43 Å².